The average molecular weight is 282 g/mol. The van der Waals surface area contributed by atoms with Crippen LogP contribution in [0, 0.1) is 0 Å². The van der Waals surface area contributed by atoms with Crippen LogP contribution in [0.15, 0.2) is 0 Å². The Labute approximate surface area is 108 Å². The van der Waals surface area contributed by atoms with Gasteiger partial charge in [-0.1, -0.05) is 6.92 Å². The fourth-order valence-corrected chi connectivity index (χ4v) is 3.69. The number of carbonyl (C=O) groups is 1. The summed E-state index contributed by atoms with van der Waals surface area (Å²) in [4.78, 5) is 11.5. The minimum absolute atomic E-state index is 0.153. The molecule has 0 amide bonds. The highest BCUT2D eigenvalue weighted by molar-refractivity contribution is 7.54. The molecule has 0 radical (unpaired) electrons. The van der Waals surface area contributed by atoms with E-state index in [1.807, 2.05) is 0 Å². The summed E-state index contributed by atoms with van der Waals surface area (Å²) in [5.41, 5.74) is -0.906. The zero-order valence-corrected chi connectivity index (χ0v) is 12.3. The van der Waals surface area contributed by atoms with Crippen LogP contribution in [0.5, 0.6) is 0 Å². The minimum Gasteiger partial charge on any atom is -0.464 e. The summed E-state index contributed by atoms with van der Waals surface area (Å²) < 4.78 is 27.5. The third-order valence-electron chi connectivity index (χ3n) is 2.34. The molecule has 108 valence electrons. The topological polar surface area (TPSA) is 82.1 Å². The van der Waals surface area contributed by atoms with Crippen LogP contribution in [0.4, 0.5) is 0 Å². The molecule has 0 aliphatic heterocycles. The number of ether oxygens (including phenoxy) is 1. The van der Waals surface area contributed by atoms with Crippen molar-refractivity contribution < 1.29 is 28.3 Å². The van der Waals surface area contributed by atoms with Crippen LogP contribution in [-0.4, -0.2) is 42.7 Å². The van der Waals surface area contributed by atoms with E-state index in [4.69, 9.17) is 13.8 Å². The predicted molar refractivity (Wildman–Crippen MR) is 67.6 cm³/mol. The molecule has 0 aromatic rings. The van der Waals surface area contributed by atoms with Crippen LogP contribution in [0.3, 0.4) is 0 Å². The van der Waals surface area contributed by atoms with Gasteiger partial charge in [-0.15, -0.1) is 0 Å². The van der Waals surface area contributed by atoms with Gasteiger partial charge in [-0.3, -0.25) is 4.57 Å². The molecule has 0 fully saturated rings. The Bertz CT molecular complexity index is 283. The van der Waals surface area contributed by atoms with E-state index >= 15 is 0 Å². The Morgan fingerprint density at radius 1 is 1.11 bits per heavy atom. The van der Waals surface area contributed by atoms with Crippen LogP contribution in [-0.2, 0) is 23.1 Å². The molecule has 0 aliphatic carbocycles. The van der Waals surface area contributed by atoms with Crippen molar-refractivity contribution in [3.05, 3.63) is 0 Å². The lowest BCUT2D eigenvalue weighted by molar-refractivity contribution is -0.153. The maximum atomic E-state index is 12.5. The molecule has 0 rings (SSSR count). The molecule has 6 nitrogen and oxygen atoms in total. The van der Waals surface area contributed by atoms with Gasteiger partial charge in [-0.25, -0.2) is 4.79 Å². The highest BCUT2D eigenvalue weighted by Gasteiger charge is 2.43. The number of carbonyl (C=O) groups excluding carboxylic acids is 1. The first-order valence-corrected chi connectivity index (χ1v) is 7.81. The highest BCUT2D eigenvalue weighted by Crippen LogP contribution is 2.55. The van der Waals surface area contributed by atoms with Crippen LogP contribution in [0.2, 0.25) is 0 Å². The van der Waals surface area contributed by atoms with Crippen molar-refractivity contribution in [3.8, 4) is 0 Å². The molecule has 0 unspecified atom stereocenters. The molecule has 0 aromatic heterocycles. The molecule has 7 heteroatoms. The number of hydrogen-bond acceptors (Lipinski definition) is 6. The van der Waals surface area contributed by atoms with E-state index in [0.717, 1.165) is 0 Å². The zero-order chi connectivity index (χ0) is 14.2. The van der Waals surface area contributed by atoms with Crippen molar-refractivity contribution >= 4 is 13.6 Å². The van der Waals surface area contributed by atoms with E-state index in [0.29, 0.717) is 0 Å². The summed E-state index contributed by atoms with van der Waals surface area (Å²) in [5, 5.41) is 9.89. The SMILES string of the molecule is CCOC(=O)[C@@H](O)[C@@H](CC)P(=O)(OCC)OCC. The van der Waals surface area contributed by atoms with Gasteiger partial charge in [0, 0.05) is 0 Å². The average Bonchev–Trinajstić information content (AvgIpc) is 2.30. The third-order valence-corrected chi connectivity index (χ3v) is 5.03. The van der Waals surface area contributed by atoms with Gasteiger partial charge in [0.2, 0.25) is 0 Å². The lowest BCUT2D eigenvalue weighted by atomic mass is 10.2. The van der Waals surface area contributed by atoms with Gasteiger partial charge in [0.1, 0.15) is 0 Å². The van der Waals surface area contributed by atoms with Crippen molar-refractivity contribution in [3.63, 3.8) is 0 Å². The number of aliphatic hydroxyl groups excluding tert-OH is 1. The Morgan fingerprint density at radius 2 is 1.61 bits per heavy atom. The van der Waals surface area contributed by atoms with Gasteiger partial charge in [0.25, 0.3) is 0 Å². The standard InChI is InChI=1S/C11H23O6P/c1-5-9(10(12)11(13)15-6-2)18(14,16-7-3)17-8-4/h9-10,12H,5-8H2,1-4H3/t9-,10+/m1/s1. The van der Waals surface area contributed by atoms with Crippen molar-refractivity contribution in [2.75, 3.05) is 19.8 Å². The molecule has 2 atom stereocenters. The number of esters is 1. The first-order valence-electron chi connectivity index (χ1n) is 6.20. The van der Waals surface area contributed by atoms with Gasteiger partial charge in [-0.2, -0.15) is 0 Å². The monoisotopic (exact) mass is 282 g/mol. The van der Waals surface area contributed by atoms with Gasteiger partial charge >= 0.3 is 13.6 Å². The number of aliphatic hydroxyl groups is 1. The van der Waals surface area contributed by atoms with E-state index in [1.54, 1.807) is 27.7 Å². The summed E-state index contributed by atoms with van der Waals surface area (Å²) in [5.74, 6) is -0.802. The van der Waals surface area contributed by atoms with Gasteiger partial charge < -0.3 is 18.9 Å². The smallest absolute Gasteiger partial charge is 0.336 e. The van der Waals surface area contributed by atoms with Crippen LogP contribution in [0.1, 0.15) is 34.1 Å². The number of rotatable bonds is 9. The Balaban J connectivity index is 5.00. The maximum absolute atomic E-state index is 12.5. The van der Waals surface area contributed by atoms with Gasteiger partial charge in [0.15, 0.2) is 6.10 Å². The van der Waals surface area contributed by atoms with Gasteiger partial charge in [0.05, 0.1) is 25.5 Å². The lowest BCUT2D eigenvalue weighted by Gasteiger charge is -2.27. The van der Waals surface area contributed by atoms with Crippen LogP contribution in [0.25, 0.3) is 0 Å². The summed E-state index contributed by atoms with van der Waals surface area (Å²) in [7, 11) is -3.51. The molecule has 0 bridgehead atoms. The maximum Gasteiger partial charge on any atom is 0.336 e. The molecule has 0 aromatic carbocycles. The minimum atomic E-state index is -3.51. The summed E-state index contributed by atoms with van der Waals surface area (Å²) >= 11 is 0. The largest absolute Gasteiger partial charge is 0.464 e. The van der Waals surface area contributed by atoms with Crippen molar-refractivity contribution in [2.45, 2.75) is 45.9 Å². The summed E-state index contributed by atoms with van der Waals surface area (Å²) in [6, 6.07) is 0. The Morgan fingerprint density at radius 3 is 1.94 bits per heavy atom. The summed E-state index contributed by atoms with van der Waals surface area (Å²) in [6.45, 7) is 7.21. The van der Waals surface area contributed by atoms with E-state index in [1.165, 1.54) is 0 Å². The van der Waals surface area contributed by atoms with Gasteiger partial charge in [-0.05, 0) is 27.2 Å². The van der Waals surface area contributed by atoms with Crippen LogP contribution >= 0.6 is 7.60 Å². The third kappa shape index (κ3) is 4.69. The first-order chi connectivity index (χ1) is 8.46. The van der Waals surface area contributed by atoms with Crippen LogP contribution < -0.4 is 0 Å². The second kappa shape index (κ2) is 8.64. The van der Waals surface area contributed by atoms with Crippen molar-refractivity contribution in [1.29, 1.82) is 0 Å². The molecule has 18 heavy (non-hydrogen) atoms. The molecular formula is C11H23O6P. The molecular weight excluding hydrogens is 259 g/mol. The van der Waals surface area contributed by atoms with E-state index in [2.05, 4.69) is 0 Å². The lowest BCUT2D eigenvalue weighted by Crippen LogP contribution is -2.36. The second-order valence-electron chi connectivity index (χ2n) is 3.55. The Hall–Kier alpha value is -0.420. The van der Waals surface area contributed by atoms with E-state index in [9.17, 15) is 14.5 Å². The molecule has 1 N–H and O–H groups in total. The predicted octanol–water partition coefficient (Wildman–Crippen LogP) is 1.96. The zero-order valence-electron chi connectivity index (χ0n) is 11.4. The molecule has 0 heterocycles. The molecule has 0 saturated heterocycles. The quantitative estimate of drug-likeness (QED) is 0.514. The molecule has 0 saturated carbocycles. The Kier molecular flexibility index (Phi) is 8.44. The van der Waals surface area contributed by atoms with E-state index < -0.39 is 25.3 Å². The van der Waals surface area contributed by atoms with Crippen molar-refractivity contribution in [1.82, 2.24) is 0 Å². The fourth-order valence-electron chi connectivity index (χ4n) is 1.59. The molecule has 0 spiro atoms. The highest BCUT2D eigenvalue weighted by atomic mass is 31.2. The number of hydrogen-bond donors (Lipinski definition) is 1. The first kappa shape index (κ1) is 17.6. The fraction of sp³-hybridized carbons (Fsp3) is 0.909. The summed E-state index contributed by atoms with van der Waals surface area (Å²) in [6.07, 6.45) is -1.21. The molecule has 0 aliphatic rings. The van der Waals surface area contributed by atoms with Crippen molar-refractivity contribution in [2.24, 2.45) is 0 Å². The second-order valence-corrected chi connectivity index (χ2v) is 5.81. The van der Waals surface area contributed by atoms with E-state index in [-0.39, 0.29) is 26.2 Å². The normalized spacial score (nSPS) is 15.2.